The van der Waals surface area contributed by atoms with Crippen LogP contribution in [0.5, 0.6) is 0 Å². The Hall–Kier alpha value is -3.09. The summed E-state index contributed by atoms with van der Waals surface area (Å²) in [4.78, 5) is 23.6. The molecule has 0 saturated heterocycles. The van der Waals surface area contributed by atoms with E-state index in [2.05, 4.69) is 10.6 Å². The number of carbonyl (C=O) groups excluding carboxylic acids is 2. The molecule has 0 radical (unpaired) electrons. The first-order valence-electron chi connectivity index (χ1n) is 8.45. The Balaban J connectivity index is 1.90. The van der Waals surface area contributed by atoms with E-state index < -0.39 is 23.6 Å². The molecule has 0 heterocycles. The Morgan fingerprint density at radius 3 is 2.37 bits per heavy atom. The van der Waals surface area contributed by atoms with Crippen molar-refractivity contribution < 1.29 is 23.5 Å². The van der Waals surface area contributed by atoms with Crippen molar-refractivity contribution in [2.75, 3.05) is 5.32 Å². The predicted octanol–water partition coefficient (Wildman–Crippen LogP) is 4.60. The smallest absolute Gasteiger partial charge is 0.411 e. The molecule has 0 unspecified atom stereocenters. The Morgan fingerprint density at radius 2 is 1.70 bits per heavy atom. The van der Waals surface area contributed by atoms with Gasteiger partial charge in [-0.3, -0.25) is 5.32 Å². The van der Waals surface area contributed by atoms with Crippen LogP contribution >= 0.6 is 0 Å². The molecular formula is C20H23FN2O4. The number of nitrogens with one attached hydrogen (secondary N) is 2. The van der Waals surface area contributed by atoms with E-state index in [0.29, 0.717) is 5.56 Å². The third kappa shape index (κ3) is 7.77. The van der Waals surface area contributed by atoms with Gasteiger partial charge in [-0.25, -0.2) is 14.0 Å². The summed E-state index contributed by atoms with van der Waals surface area (Å²) in [6, 6.07) is 13.2. The minimum absolute atomic E-state index is 0.0560. The Kier molecular flexibility index (Phi) is 6.76. The maximum absolute atomic E-state index is 13.8. The van der Waals surface area contributed by atoms with Gasteiger partial charge in [0.25, 0.3) is 0 Å². The summed E-state index contributed by atoms with van der Waals surface area (Å²) in [5.74, 6) is -0.545. The molecule has 2 aromatic carbocycles. The van der Waals surface area contributed by atoms with Crippen molar-refractivity contribution in [2.45, 2.75) is 39.5 Å². The van der Waals surface area contributed by atoms with Gasteiger partial charge in [0.2, 0.25) is 0 Å². The Labute approximate surface area is 157 Å². The number of benzene rings is 2. The number of carbonyl (C=O) groups is 2. The highest BCUT2D eigenvalue weighted by Gasteiger charge is 2.16. The predicted molar refractivity (Wildman–Crippen MR) is 99.7 cm³/mol. The van der Waals surface area contributed by atoms with E-state index in [0.717, 1.165) is 5.56 Å². The molecule has 144 valence electrons. The lowest BCUT2D eigenvalue weighted by molar-refractivity contribution is 0.0523. The molecule has 0 atom stereocenters. The van der Waals surface area contributed by atoms with E-state index in [9.17, 15) is 14.0 Å². The lowest BCUT2D eigenvalue weighted by Crippen LogP contribution is -2.32. The Morgan fingerprint density at radius 1 is 1.00 bits per heavy atom. The second kappa shape index (κ2) is 9.02. The molecular weight excluding hydrogens is 351 g/mol. The zero-order valence-electron chi connectivity index (χ0n) is 15.5. The van der Waals surface area contributed by atoms with Crippen LogP contribution in [0.2, 0.25) is 0 Å². The first-order valence-corrected chi connectivity index (χ1v) is 8.45. The van der Waals surface area contributed by atoms with Crippen LogP contribution < -0.4 is 10.6 Å². The lowest BCUT2D eigenvalue weighted by Gasteiger charge is -2.19. The van der Waals surface area contributed by atoms with E-state index in [1.165, 1.54) is 12.1 Å². The molecule has 2 aromatic rings. The van der Waals surface area contributed by atoms with E-state index in [1.54, 1.807) is 26.8 Å². The molecule has 27 heavy (non-hydrogen) atoms. The minimum atomic E-state index is -0.699. The van der Waals surface area contributed by atoms with Gasteiger partial charge in [0, 0.05) is 12.2 Å². The molecule has 2 N–H and O–H groups in total. The molecule has 0 aromatic heterocycles. The first kappa shape index (κ1) is 20.2. The van der Waals surface area contributed by atoms with Gasteiger partial charge in [0.15, 0.2) is 0 Å². The number of anilines is 1. The van der Waals surface area contributed by atoms with Gasteiger partial charge in [0.05, 0.1) is 0 Å². The van der Waals surface area contributed by atoms with Gasteiger partial charge in [-0.05, 0) is 50.1 Å². The average molecular weight is 374 g/mol. The van der Waals surface area contributed by atoms with Crippen LogP contribution in [-0.2, 0) is 22.6 Å². The third-order valence-corrected chi connectivity index (χ3v) is 3.25. The van der Waals surface area contributed by atoms with Gasteiger partial charge >= 0.3 is 12.2 Å². The molecule has 0 aliphatic heterocycles. The van der Waals surface area contributed by atoms with Crippen LogP contribution in [0.4, 0.5) is 19.7 Å². The van der Waals surface area contributed by atoms with E-state index in [-0.39, 0.29) is 18.8 Å². The number of ether oxygens (including phenoxy) is 2. The van der Waals surface area contributed by atoms with E-state index in [1.807, 2.05) is 30.3 Å². The SMILES string of the molecule is CC(C)(C)OC(=O)NCc1cc(F)cc(NC(=O)OCc2ccccc2)c1. The molecule has 0 aliphatic carbocycles. The third-order valence-electron chi connectivity index (χ3n) is 3.25. The second-order valence-corrected chi connectivity index (χ2v) is 6.89. The summed E-state index contributed by atoms with van der Waals surface area (Å²) < 4.78 is 24.0. The van der Waals surface area contributed by atoms with Crippen molar-refractivity contribution in [3.05, 3.63) is 65.5 Å². The van der Waals surface area contributed by atoms with Crippen molar-refractivity contribution in [2.24, 2.45) is 0 Å². The van der Waals surface area contributed by atoms with Crippen molar-refractivity contribution in [1.82, 2.24) is 5.32 Å². The first-order chi connectivity index (χ1) is 12.7. The standard InChI is InChI=1S/C20H23FN2O4/c1-20(2,3)27-18(24)22-12-15-9-16(21)11-17(10-15)23-19(25)26-13-14-7-5-4-6-8-14/h4-11H,12-13H2,1-3H3,(H,22,24)(H,23,25). The Bertz CT molecular complexity index is 788. The maximum atomic E-state index is 13.8. The van der Waals surface area contributed by atoms with Crippen molar-refractivity contribution in [3.63, 3.8) is 0 Å². The number of halogens is 1. The molecule has 0 aliphatic rings. The largest absolute Gasteiger partial charge is 0.444 e. The van der Waals surface area contributed by atoms with Gasteiger partial charge in [-0.15, -0.1) is 0 Å². The summed E-state index contributed by atoms with van der Waals surface area (Å²) >= 11 is 0. The summed E-state index contributed by atoms with van der Waals surface area (Å²) in [6.07, 6.45) is -1.31. The van der Waals surface area contributed by atoms with Crippen molar-refractivity contribution in [3.8, 4) is 0 Å². The van der Waals surface area contributed by atoms with E-state index in [4.69, 9.17) is 9.47 Å². The number of alkyl carbamates (subject to hydrolysis) is 1. The van der Waals surface area contributed by atoms with Gasteiger partial charge in [0.1, 0.15) is 18.0 Å². The summed E-state index contributed by atoms with van der Waals surface area (Å²) in [5.41, 5.74) is 0.920. The van der Waals surface area contributed by atoms with Crippen LogP contribution in [-0.4, -0.2) is 17.8 Å². The molecule has 7 heteroatoms. The quantitative estimate of drug-likeness (QED) is 0.802. The number of hydrogen-bond acceptors (Lipinski definition) is 4. The fourth-order valence-electron chi connectivity index (χ4n) is 2.19. The fourth-order valence-corrected chi connectivity index (χ4v) is 2.19. The second-order valence-electron chi connectivity index (χ2n) is 6.89. The topological polar surface area (TPSA) is 76.7 Å². The van der Waals surface area contributed by atoms with Gasteiger partial charge in [-0.1, -0.05) is 30.3 Å². The molecule has 0 fully saturated rings. The highest BCUT2D eigenvalue weighted by Crippen LogP contribution is 2.15. The number of rotatable bonds is 5. The van der Waals surface area contributed by atoms with Crippen LogP contribution in [0, 0.1) is 5.82 Å². The van der Waals surface area contributed by atoms with Crippen LogP contribution in [0.3, 0.4) is 0 Å². The highest BCUT2D eigenvalue weighted by molar-refractivity contribution is 5.84. The monoisotopic (exact) mass is 374 g/mol. The van der Waals surface area contributed by atoms with E-state index >= 15 is 0 Å². The summed E-state index contributed by atoms with van der Waals surface area (Å²) in [5, 5.41) is 5.01. The van der Waals surface area contributed by atoms with Crippen LogP contribution in [0.25, 0.3) is 0 Å². The zero-order valence-corrected chi connectivity index (χ0v) is 15.5. The maximum Gasteiger partial charge on any atom is 0.411 e. The zero-order chi connectivity index (χ0) is 19.9. The van der Waals surface area contributed by atoms with Crippen LogP contribution in [0.15, 0.2) is 48.5 Å². The van der Waals surface area contributed by atoms with Crippen molar-refractivity contribution >= 4 is 17.9 Å². The highest BCUT2D eigenvalue weighted by atomic mass is 19.1. The molecule has 6 nitrogen and oxygen atoms in total. The van der Waals surface area contributed by atoms with Crippen molar-refractivity contribution in [1.29, 1.82) is 0 Å². The molecule has 0 spiro atoms. The van der Waals surface area contributed by atoms with Gasteiger partial charge < -0.3 is 14.8 Å². The summed E-state index contributed by atoms with van der Waals surface area (Å²) in [6.45, 7) is 5.41. The molecule has 0 bridgehead atoms. The average Bonchev–Trinajstić information content (AvgIpc) is 2.57. The van der Waals surface area contributed by atoms with Gasteiger partial charge in [-0.2, -0.15) is 0 Å². The minimum Gasteiger partial charge on any atom is -0.444 e. The molecule has 2 rings (SSSR count). The number of hydrogen-bond donors (Lipinski definition) is 2. The fraction of sp³-hybridized carbons (Fsp3) is 0.300. The molecule has 2 amide bonds. The number of amides is 2. The normalized spacial score (nSPS) is 10.8. The van der Waals surface area contributed by atoms with Crippen LogP contribution in [0.1, 0.15) is 31.9 Å². The lowest BCUT2D eigenvalue weighted by atomic mass is 10.2. The summed E-state index contributed by atoms with van der Waals surface area (Å²) in [7, 11) is 0. The molecule has 0 saturated carbocycles.